The molecule has 3 fully saturated rings. The molecule has 1 spiro atoms. The molecule has 0 aliphatic heterocycles. The smallest absolute Gasteiger partial charge is 0.0809 e. The second kappa shape index (κ2) is 4.04. The van der Waals surface area contributed by atoms with Crippen LogP contribution in [-0.2, 0) is 0 Å². The maximum atomic E-state index is 11.0. The lowest BCUT2D eigenvalue weighted by Crippen LogP contribution is -2.57. The van der Waals surface area contributed by atoms with E-state index in [2.05, 4.69) is 39.5 Å². The van der Waals surface area contributed by atoms with E-state index in [9.17, 15) is 5.11 Å². The number of hydrogen-bond donors (Lipinski definition) is 1. The number of aliphatic hydroxyl groups excluding tert-OH is 1. The largest absolute Gasteiger partial charge is 0.388 e. The van der Waals surface area contributed by atoms with Crippen molar-refractivity contribution in [1.82, 2.24) is 0 Å². The molecule has 0 aromatic carbocycles. The van der Waals surface area contributed by atoms with E-state index in [0.29, 0.717) is 22.7 Å². The fraction of sp³-hybridized carbons (Fsp3) is 0.800. The van der Waals surface area contributed by atoms with Crippen LogP contribution in [0.15, 0.2) is 24.3 Å². The zero-order valence-electron chi connectivity index (χ0n) is 13.9. The summed E-state index contributed by atoms with van der Waals surface area (Å²) >= 11 is 0. The highest BCUT2D eigenvalue weighted by atomic mass is 16.3. The fourth-order valence-electron chi connectivity index (χ4n) is 7.19. The van der Waals surface area contributed by atoms with E-state index in [-0.39, 0.29) is 11.5 Å². The second-order valence-corrected chi connectivity index (χ2v) is 9.27. The van der Waals surface area contributed by atoms with Crippen molar-refractivity contribution < 1.29 is 5.11 Å². The van der Waals surface area contributed by atoms with Crippen molar-refractivity contribution in [3.05, 3.63) is 24.3 Å². The van der Waals surface area contributed by atoms with Gasteiger partial charge >= 0.3 is 0 Å². The van der Waals surface area contributed by atoms with Crippen LogP contribution in [0.25, 0.3) is 0 Å². The van der Waals surface area contributed by atoms with Gasteiger partial charge in [-0.1, -0.05) is 39.5 Å². The summed E-state index contributed by atoms with van der Waals surface area (Å²) in [5.41, 5.74) is 2.00. The molecule has 0 aromatic rings. The van der Waals surface area contributed by atoms with Crippen molar-refractivity contribution in [3.63, 3.8) is 0 Å². The first-order valence-corrected chi connectivity index (χ1v) is 8.86. The van der Waals surface area contributed by atoms with Gasteiger partial charge in [0.15, 0.2) is 0 Å². The van der Waals surface area contributed by atoms with Gasteiger partial charge < -0.3 is 5.11 Å². The Morgan fingerprint density at radius 2 is 1.90 bits per heavy atom. The molecule has 0 heterocycles. The number of aliphatic hydroxyl groups is 1. The molecule has 1 nitrogen and oxygen atoms in total. The molecule has 116 valence electrons. The molecule has 0 unspecified atom stereocenters. The lowest BCUT2D eigenvalue weighted by atomic mass is 9.42. The van der Waals surface area contributed by atoms with E-state index >= 15 is 0 Å². The summed E-state index contributed by atoms with van der Waals surface area (Å²) < 4.78 is 0. The summed E-state index contributed by atoms with van der Waals surface area (Å²) in [5.74, 6) is 2.05. The van der Waals surface area contributed by atoms with Crippen molar-refractivity contribution in [1.29, 1.82) is 0 Å². The summed E-state index contributed by atoms with van der Waals surface area (Å²) in [6, 6.07) is 0. The van der Waals surface area contributed by atoms with Gasteiger partial charge in [0, 0.05) is 5.41 Å². The first-order valence-electron chi connectivity index (χ1n) is 8.86. The monoisotopic (exact) mass is 286 g/mol. The van der Waals surface area contributed by atoms with E-state index in [4.69, 9.17) is 0 Å². The van der Waals surface area contributed by atoms with Crippen LogP contribution in [-0.4, -0.2) is 11.2 Å². The Bertz CT molecular complexity index is 516. The average molecular weight is 286 g/mol. The Morgan fingerprint density at radius 3 is 2.67 bits per heavy atom. The molecule has 0 saturated heterocycles. The molecule has 1 heteroatoms. The highest BCUT2D eigenvalue weighted by molar-refractivity contribution is 5.28. The van der Waals surface area contributed by atoms with Crippen LogP contribution in [0.4, 0.5) is 0 Å². The topological polar surface area (TPSA) is 20.2 Å². The number of hydrogen-bond acceptors (Lipinski definition) is 1. The van der Waals surface area contributed by atoms with Gasteiger partial charge in [-0.3, -0.25) is 0 Å². The number of allylic oxidation sites excluding steroid dienone is 2. The molecule has 6 atom stereocenters. The van der Waals surface area contributed by atoms with Crippen LogP contribution >= 0.6 is 0 Å². The van der Waals surface area contributed by atoms with Crippen molar-refractivity contribution >= 4 is 0 Å². The summed E-state index contributed by atoms with van der Waals surface area (Å²) in [6.07, 6.45) is 12.1. The van der Waals surface area contributed by atoms with Gasteiger partial charge in [-0.05, 0) is 72.7 Å². The molecule has 4 rings (SSSR count). The third-order valence-corrected chi connectivity index (χ3v) is 8.04. The maximum Gasteiger partial charge on any atom is 0.0809 e. The van der Waals surface area contributed by atoms with Crippen molar-refractivity contribution in [2.75, 3.05) is 0 Å². The average Bonchev–Trinajstić information content (AvgIpc) is 2.59. The van der Waals surface area contributed by atoms with E-state index in [1.807, 2.05) is 0 Å². The first-order chi connectivity index (χ1) is 9.81. The predicted octanol–water partition coefficient (Wildman–Crippen LogP) is 4.72. The van der Waals surface area contributed by atoms with Gasteiger partial charge in [0.05, 0.1) is 6.10 Å². The van der Waals surface area contributed by atoms with Crippen LogP contribution in [0.2, 0.25) is 0 Å². The van der Waals surface area contributed by atoms with E-state index in [1.54, 1.807) is 0 Å². The van der Waals surface area contributed by atoms with Crippen LogP contribution < -0.4 is 0 Å². The summed E-state index contributed by atoms with van der Waals surface area (Å²) in [5, 5.41) is 11.0. The Hall–Kier alpha value is -0.560. The summed E-state index contributed by atoms with van der Waals surface area (Å²) in [4.78, 5) is 0. The molecule has 4 aliphatic carbocycles. The molecular formula is C20H30O. The molecule has 0 radical (unpaired) electrons. The maximum absolute atomic E-state index is 11.0. The second-order valence-electron chi connectivity index (χ2n) is 9.27. The molecule has 2 bridgehead atoms. The molecule has 1 N–H and O–H groups in total. The molecule has 0 amide bonds. The minimum Gasteiger partial charge on any atom is -0.388 e. The van der Waals surface area contributed by atoms with Gasteiger partial charge in [-0.2, -0.15) is 0 Å². The normalized spacial score (nSPS) is 54.2. The van der Waals surface area contributed by atoms with E-state index in [1.165, 1.54) is 38.5 Å². The Balaban J connectivity index is 1.80. The van der Waals surface area contributed by atoms with Crippen LogP contribution in [0.3, 0.4) is 0 Å². The SMILES string of the molecule is C=C1[C@@H]2CC[C@H]3[C@]4(C)CC=CC(C)(C)[C@H]4CC[C@]3(C2)[C@@H]1O. The highest BCUT2D eigenvalue weighted by Gasteiger charge is 2.65. The van der Waals surface area contributed by atoms with Crippen molar-refractivity contribution in [2.45, 2.75) is 65.4 Å². The Kier molecular flexibility index (Phi) is 2.71. The number of fused-ring (bicyclic) bond motifs is 3. The zero-order valence-corrected chi connectivity index (χ0v) is 13.9. The minimum absolute atomic E-state index is 0.159. The summed E-state index contributed by atoms with van der Waals surface area (Å²) in [6.45, 7) is 11.6. The van der Waals surface area contributed by atoms with E-state index in [0.717, 1.165) is 11.5 Å². The zero-order chi connectivity index (χ0) is 15.0. The first kappa shape index (κ1) is 14.1. The standard InChI is InChI=1S/C20H30O/c1-13-14-6-7-16-19(4)10-5-9-18(2,3)15(19)8-11-20(16,12-14)17(13)21/h5,9,14-17,21H,1,6-8,10-12H2,2-4H3/t14-,15-,16+,17-,19-,20-/m1/s1. The van der Waals surface area contributed by atoms with Gasteiger partial charge in [-0.25, -0.2) is 0 Å². The predicted molar refractivity (Wildman–Crippen MR) is 86.8 cm³/mol. The lowest BCUT2D eigenvalue weighted by Gasteiger charge is -2.62. The molecule has 3 saturated carbocycles. The molecule has 0 aromatic heterocycles. The quantitative estimate of drug-likeness (QED) is 0.639. The van der Waals surface area contributed by atoms with Gasteiger partial charge in [-0.15, -0.1) is 0 Å². The van der Waals surface area contributed by atoms with Gasteiger partial charge in [0.1, 0.15) is 0 Å². The number of rotatable bonds is 0. The lowest BCUT2D eigenvalue weighted by molar-refractivity contribution is -0.144. The van der Waals surface area contributed by atoms with Crippen LogP contribution in [0.1, 0.15) is 59.3 Å². The molecule has 21 heavy (non-hydrogen) atoms. The van der Waals surface area contributed by atoms with Crippen molar-refractivity contribution in [3.8, 4) is 0 Å². The Morgan fingerprint density at radius 1 is 1.14 bits per heavy atom. The highest BCUT2D eigenvalue weighted by Crippen LogP contribution is 2.71. The van der Waals surface area contributed by atoms with E-state index < -0.39 is 0 Å². The molecule has 4 aliphatic rings. The van der Waals surface area contributed by atoms with Crippen LogP contribution in [0, 0.1) is 34.0 Å². The fourth-order valence-corrected chi connectivity index (χ4v) is 7.19. The van der Waals surface area contributed by atoms with Gasteiger partial charge in [0.25, 0.3) is 0 Å². The van der Waals surface area contributed by atoms with Crippen molar-refractivity contribution in [2.24, 2.45) is 34.0 Å². The summed E-state index contributed by atoms with van der Waals surface area (Å²) in [7, 11) is 0. The third kappa shape index (κ3) is 1.57. The van der Waals surface area contributed by atoms with Gasteiger partial charge in [0.2, 0.25) is 0 Å². The minimum atomic E-state index is -0.234. The molecular weight excluding hydrogens is 256 g/mol. The van der Waals surface area contributed by atoms with Crippen LogP contribution in [0.5, 0.6) is 0 Å². The Labute approximate surface area is 129 Å². The third-order valence-electron chi connectivity index (χ3n) is 8.04.